The zero-order valence-electron chi connectivity index (χ0n) is 14.9. The number of amides is 3. The van der Waals surface area contributed by atoms with Gasteiger partial charge < -0.3 is 15.0 Å². The van der Waals surface area contributed by atoms with Crippen LogP contribution in [0.1, 0.15) is 11.6 Å². The molecule has 0 spiro atoms. The highest BCUT2D eigenvalue weighted by Gasteiger charge is 2.43. The van der Waals surface area contributed by atoms with Crippen LogP contribution in [-0.2, 0) is 4.79 Å². The number of carbonyl (C=O) groups excluding carboxylic acids is 2. The van der Waals surface area contributed by atoms with Gasteiger partial charge in [0, 0.05) is 12.7 Å². The molecule has 0 aromatic heterocycles. The summed E-state index contributed by atoms with van der Waals surface area (Å²) in [5, 5.41) is 2.83. The van der Waals surface area contributed by atoms with Gasteiger partial charge in [0.15, 0.2) is 0 Å². The average Bonchev–Trinajstić information content (AvgIpc) is 3.03. The van der Waals surface area contributed by atoms with Gasteiger partial charge in [0.05, 0.1) is 31.0 Å². The van der Waals surface area contributed by atoms with Crippen LogP contribution in [0.2, 0.25) is 0 Å². The second kappa shape index (κ2) is 6.42. The lowest BCUT2D eigenvalue weighted by atomic mass is 9.96. The van der Waals surface area contributed by atoms with Crippen LogP contribution in [0.25, 0.3) is 0 Å². The van der Waals surface area contributed by atoms with Crippen LogP contribution in [0.15, 0.2) is 59.8 Å². The molecule has 27 heavy (non-hydrogen) atoms. The molecule has 138 valence electrons. The molecule has 0 fully saturated rings. The first-order valence-corrected chi connectivity index (χ1v) is 8.48. The number of nitrogens with one attached hydrogen (secondary N) is 1. The van der Waals surface area contributed by atoms with Gasteiger partial charge in [-0.25, -0.2) is 9.18 Å². The second-order valence-corrected chi connectivity index (χ2v) is 6.44. The Labute approximate surface area is 155 Å². The van der Waals surface area contributed by atoms with E-state index in [-0.39, 0.29) is 17.8 Å². The van der Waals surface area contributed by atoms with Crippen LogP contribution in [0.5, 0.6) is 5.75 Å². The summed E-state index contributed by atoms with van der Waals surface area (Å²) >= 11 is 0. The lowest BCUT2D eigenvalue weighted by molar-refractivity contribution is -0.114. The number of benzene rings is 2. The maximum atomic E-state index is 13.3. The largest absolute Gasteiger partial charge is 0.497 e. The zero-order chi connectivity index (χ0) is 19.1. The molecule has 4 rings (SSSR count). The minimum atomic E-state index is -0.611. The summed E-state index contributed by atoms with van der Waals surface area (Å²) in [7, 11) is 3.21. The van der Waals surface area contributed by atoms with Crippen molar-refractivity contribution in [1.29, 1.82) is 0 Å². The normalized spacial score (nSPS) is 19.3. The molecule has 0 saturated carbocycles. The standard InChI is InChI=1S/C20H18FN3O3/c1-23-16-11-24(14-7-9-15(27-2)10-8-14)19(25)17(16)18(22-20(23)26)12-3-5-13(21)6-4-12/h3-10,18H,11H2,1-2H3,(H,22,26). The highest BCUT2D eigenvalue weighted by atomic mass is 19.1. The topological polar surface area (TPSA) is 61.9 Å². The number of likely N-dealkylation sites (N-methyl/N-ethyl adjacent to an activating group) is 1. The molecule has 1 N–H and O–H groups in total. The minimum Gasteiger partial charge on any atom is -0.497 e. The van der Waals surface area contributed by atoms with Crippen molar-refractivity contribution in [3.8, 4) is 5.75 Å². The molecule has 2 aliphatic rings. The van der Waals surface area contributed by atoms with Crippen molar-refractivity contribution in [2.24, 2.45) is 0 Å². The van der Waals surface area contributed by atoms with Crippen molar-refractivity contribution in [3.63, 3.8) is 0 Å². The van der Waals surface area contributed by atoms with Crippen LogP contribution in [0, 0.1) is 5.82 Å². The van der Waals surface area contributed by atoms with E-state index in [9.17, 15) is 14.0 Å². The van der Waals surface area contributed by atoms with E-state index < -0.39 is 6.04 Å². The van der Waals surface area contributed by atoms with E-state index in [0.717, 1.165) is 0 Å². The molecule has 0 aliphatic carbocycles. The Balaban J connectivity index is 1.72. The van der Waals surface area contributed by atoms with Crippen LogP contribution in [-0.4, -0.2) is 37.5 Å². The first-order valence-electron chi connectivity index (χ1n) is 8.48. The maximum absolute atomic E-state index is 13.3. The third-order valence-electron chi connectivity index (χ3n) is 4.95. The molecule has 1 atom stereocenters. The monoisotopic (exact) mass is 367 g/mol. The molecule has 2 heterocycles. The molecular formula is C20H18FN3O3. The van der Waals surface area contributed by atoms with Gasteiger partial charge in [-0.2, -0.15) is 0 Å². The zero-order valence-corrected chi connectivity index (χ0v) is 14.9. The fraction of sp³-hybridized carbons (Fsp3) is 0.200. The van der Waals surface area contributed by atoms with E-state index in [0.29, 0.717) is 34.8 Å². The highest BCUT2D eigenvalue weighted by Crippen LogP contribution is 2.37. The molecule has 3 amide bonds. The van der Waals surface area contributed by atoms with Gasteiger partial charge in [0.1, 0.15) is 11.6 Å². The summed E-state index contributed by atoms with van der Waals surface area (Å²) in [5.41, 5.74) is 2.53. The number of nitrogens with zero attached hydrogens (tertiary/aromatic N) is 2. The van der Waals surface area contributed by atoms with E-state index in [4.69, 9.17) is 4.74 Å². The predicted octanol–water partition coefficient (Wildman–Crippen LogP) is 2.83. The molecule has 2 aromatic carbocycles. The lowest BCUT2D eigenvalue weighted by Gasteiger charge is -2.31. The molecule has 1 unspecified atom stereocenters. The number of methoxy groups -OCH3 is 1. The number of ether oxygens (including phenoxy) is 1. The van der Waals surface area contributed by atoms with Crippen molar-refractivity contribution in [3.05, 3.63) is 71.2 Å². The van der Waals surface area contributed by atoms with Crippen molar-refractivity contribution in [1.82, 2.24) is 10.2 Å². The van der Waals surface area contributed by atoms with Gasteiger partial charge >= 0.3 is 6.03 Å². The number of hydrogen-bond acceptors (Lipinski definition) is 3. The minimum absolute atomic E-state index is 0.184. The Hall–Kier alpha value is -3.35. The number of halogens is 1. The quantitative estimate of drug-likeness (QED) is 0.907. The summed E-state index contributed by atoms with van der Waals surface area (Å²) in [4.78, 5) is 28.6. The summed E-state index contributed by atoms with van der Waals surface area (Å²) < 4.78 is 18.5. The predicted molar refractivity (Wildman–Crippen MR) is 97.8 cm³/mol. The van der Waals surface area contributed by atoms with Crippen LogP contribution in [0.4, 0.5) is 14.9 Å². The first-order chi connectivity index (χ1) is 13.0. The van der Waals surface area contributed by atoms with Gasteiger partial charge in [-0.3, -0.25) is 9.69 Å². The third-order valence-corrected chi connectivity index (χ3v) is 4.95. The molecular weight excluding hydrogens is 349 g/mol. The molecule has 0 bridgehead atoms. The summed E-state index contributed by atoms with van der Waals surface area (Å²) in [6.07, 6.45) is 0. The van der Waals surface area contributed by atoms with Crippen molar-refractivity contribution < 1.29 is 18.7 Å². The molecule has 6 nitrogen and oxygen atoms in total. The molecule has 0 radical (unpaired) electrons. The average molecular weight is 367 g/mol. The van der Waals surface area contributed by atoms with Gasteiger partial charge in [0.2, 0.25) is 0 Å². The van der Waals surface area contributed by atoms with E-state index in [2.05, 4.69) is 5.32 Å². The van der Waals surface area contributed by atoms with Gasteiger partial charge in [-0.1, -0.05) is 12.1 Å². The summed E-state index contributed by atoms with van der Waals surface area (Å²) in [5.74, 6) is 0.141. The van der Waals surface area contributed by atoms with Crippen molar-refractivity contribution in [2.75, 3.05) is 25.6 Å². The fourth-order valence-corrected chi connectivity index (χ4v) is 3.44. The highest BCUT2D eigenvalue weighted by molar-refractivity contribution is 6.11. The maximum Gasteiger partial charge on any atom is 0.322 e. The van der Waals surface area contributed by atoms with E-state index in [1.165, 1.54) is 17.0 Å². The first kappa shape index (κ1) is 17.1. The number of rotatable bonds is 3. The van der Waals surface area contributed by atoms with E-state index in [1.54, 1.807) is 55.5 Å². The van der Waals surface area contributed by atoms with Gasteiger partial charge in [-0.15, -0.1) is 0 Å². The lowest BCUT2D eigenvalue weighted by Crippen LogP contribution is -2.45. The van der Waals surface area contributed by atoms with E-state index >= 15 is 0 Å². The molecule has 0 saturated heterocycles. The fourth-order valence-electron chi connectivity index (χ4n) is 3.44. The number of urea groups is 1. The second-order valence-electron chi connectivity index (χ2n) is 6.44. The summed E-state index contributed by atoms with van der Waals surface area (Å²) in [6.45, 7) is 0.294. The molecule has 2 aromatic rings. The van der Waals surface area contributed by atoms with Gasteiger partial charge in [-0.05, 0) is 42.0 Å². The number of hydrogen-bond donors (Lipinski definition) is 1. The SMILES string of the molecule is COc1ccc(N2CC3=C(C2=O)C(c2ccc(F)cc2)NC(=O)N3C)cc1. The van der Waals surface area contributed by atoms with Crippen molar-refractivity contribution in [2.45, 2.75) is 6.04 Å². The van der Waals surface area contributed by atoms with Crippen LogP contribution in [0.3, 0.4) is 0 Å². The number of anilines is 1. The molecule has 2 aliphatic heterocycles. The summed E-state index contributed by atoms with van der Waals surface area (Å²) in [6, 6.07) is 12.1. The van der Waals surface area contributed by atoms with E-state index in [1.807, 2.05) is 0 Å². The Kier molecular flexibility index (Phi) is 4.07. The van der Waals surface area contributed by atoms with Crippen LogP contribution < -0.4 is 15.0 Å². The Morgan fingerprint density at radius 1 is 1.07 bits per heavy atom. The Morgan fingerprint density at radius 3 is 2.37 bits per heavy atom. The van der Waals surface area contributed by atoms with Gasteiger partial charge in [0.25, 0.3) is 5.91 Å². The smallest absolute Gasteiger partial charge is 0.322 e. The Morgan fingerprint density at radius 2 is 1.74 bits per heavy atom. The van der Waals surface area contributed by atoms with Crippen LogP contribution >= 0.6 is 0 Å². The van der Waals surface area contributed by atoms with Crippen molar-refractivity contribution >= 4 is 17.6 Å². The Bertz CT molecular complexity index is 938. The third kappa shape index (κ3) is 2.81. The number of carbonyl (C=O) groups is 2. The molecule has 7 heteroatoms.